The van der Waals surface area contributed by atoms with Gasteiger partial charge in [0.25, 0.3) is 0 Å². The minimum absolute atomic E-state index is 0.00256. The maximum Gasteiger partial charge on any atom is 0.161 e. The van der Waals surface area contributed by atoms with E-state index in [4.69, 9.17) is 20.6 Å². The molecule has 0 heterocycles. The molecule has 0 bridgehead atoms. The van der Waals surface area contributed by atoms with Crippen LogP contribution in [0, 0.1) is 5.41 Å². The summed E-state index contributed by atoms with van der Waals surface area (Å²) < 4.78 is 12.0. The topological polar surface area (TPSA) is 68.3 Å². The van der Waals surface area contributed by atoms with Crippen LogP contribution in [0.2, 0.25) is 0 Å². The molecule has 0 aromatic heterocycles. The molecule has 0 amide bonds. The minimum atomic E-state index is 0.00256. The maximum atomic E-state index is 7.41. The number of rotatable bonds is 5. The average molecular weight is 335 g/mol. The molecule has 0 atom stereocenters. The molecule has 0 fully saturated rings. The molecule has 0 radical (unpaired) electrons. The Morgan fingerprint density at radius 1 is 1.15 bits per heavy atom. The molecule has 104 valence electrons. The quantitative estimate of drug-likeness (QED) is 0.651. The largest absolute Gasteiger partial charge is 0.493 e. The van der Waals surface area contributed by atoms with Crippen molar-refractivity contribution >= 4 is 21.8 Å². The normalized spacial score (nSPS) is 10.1. The van der Waals surface area contributed by atoms with Crippen molar-refractivity contribution in [3.63, 3.8) is 0 Å². The second kappa shape index (κ2) is 6.43. The average Bonchev–Trinajstić information content (AvgIpc) is 2.46. The van der Waals surface area contributed by atoms with E-state index in [1.54, 1.807) is 25.3 Å². The van der Waals surface area contributed by atoms with Crippen LogP contribution in [0.15, 0.2) is 46.9 Å². The summed E-state index contributed by atoms with van der Waals surface area (Å²) in [7, 11) is 1.56. The summed E-state index contributed by atoms with van der Waals surface area (Å²) >= 11 is 3.39. The van der Waals surface area contributed by atoms with Gasteiger partial charge in [0.2, 0.25) is 0 Å². The van der Waals surface area contributed by atoms with Gasteiger partial charge in [-0.25, -0.2) is 0 Å². The van der Waals surface area contributed by atoms with Gasteiger partial charge < -0.3 is 15.2 Å². The number of hydrogen-bond donors (Lipinski definition) is 2. The van der Waals surface area contributed by atoms with Crippen molar-refractivity contribution < 1.29 is 9.47 Å². The third-order valence-electron chi connectivity index (χ3n) is 2.78. The van der Waals surface area contributed by atoms with Gasteiger partial charge in [-0.05, 0) is 35.9 Å². The number of hydrogen-bond acceptors (Lipinski definition) is 3. The van der Waals surface area contributed by atoms with E-state index in [1.807, 2.05) is 24.3 Å². The van der Waals surface area contributed by atoms with Gasteiger partial charge in [-0.1, -0.05) is 28.1 Å². The first kappa shape index (κ1) is 14.4. The molecule has 0 saturated carbocycles. The number of halogens is 1. The fraction of sp³-hybridized carbons (Fsp3) is 0.133. The predicted molar refractivity (Wildman–Crippen MR) is 82.5 cm³/mol. The SMILES string of the molecule is COc1cc(C(=N)N)ccc1OCc1ccc(Br)cc1. The van der Waals surface area contributed by atoms with Crippen LogP contribution in [0.3, 0.4) is 0 Å². The van der Waals surface area contributed by atoms with Crippen LogP contribution in [-0.4, -0.2) is 12.9 Å². The lowest BCUT2D eigenvalue weighted by Crippen LogP contribution is -2.11. The van der Waals surface area contributed by atoms with Gasteiger partial charge in [-0.15, -0.1) is 0 Å². The lowest BCUT2D eigenvalue weighted by Gasteiger charge is -2.12. The molecule has 2 aromatic carbocycles. The van der Waals surface area contributed by atoms with E-state index in [0.717, 1.165) is 10.0 Å². The van der Waals surface area contributed by atoms with Gasteiger partial charge in [0.05, 0.1) is 7.11 Å². The Hall–Kier alpha value is -2.01. The third-order valence-corrected chi connectivity index (χ3v) is 3.31. The molecule has 4 nitrogen and oxygen atoms in total. The van der Waals surface area contributed by atoms with Crippen LogP contribution in [0.25, 0.3) is 0 Å². The maximum absolute atomic E-state index is 7.41. The molecule has 0 unspecified atom stereocenters. The van der Waals surface area contributed by atoms with Crippen molar-refractivity contribution in [2.45, 2.75) is 6.61 Å². The van der Waals surface area contributed by atoms with Gasteiger partial charge >= 0.3 is 0 Å². The van der Waals surface area contributed by atoms with Crippen LogP contribution in [0.1, 0.15) is 11.1 Å². The summed E-state index contributed by atoms with van der Waals surface area (Å²) in [5.41, 5.74) is 7.12. The second-order valence-corrected chi connectivity index (χ2v) is 5.11. The molecular weight excluding hydrogens is 320 g/mol. The molecule has 0 saturated heterocycles. The summed E-state index contributed by atoms with van der Waals surface area (Å²) in [5.74, 6) is 1.19. The molecule has 0 aliphatic heterocycles. The third kappa shape index (κ3) is 3.51. The first-order valence-corrected chi connectivity index (χ1v) is 6.79. The predicted octanol–water partition coefficient (Wildman–Crippen LogP) is 3.32. The number of nitrogens with two attached hydrogens (primary N) is 1. The molecule has 0 aliphatic carbocycles. The summed E-state index contributed by atoms with van der Waals surface area (Å²) in [6, 6.07) is 13.1. The van der Waals surface area contributed by atoms with E-state index < -0.39 is 0 Å². The Balaban J connectivity index is 2.12. The highest BCUT2D eigenvalue weighted by Gasteiger charge is 2.07. The summed E-state index contributed by atoms with van der Waals surface area (Å²) in [6.07, 6.45) is 0. The number of amidine groups is 1. The zero-order chi connectivity index (χ0) is 14.5. The number of benzene rings is 2. The van der Waals surface area contributed by atoms with Gasteiger partial charge in [0.15, 0.2) is 11.5 Å². The van der Waals surface area contributed by atoms with Crippen LogP contribution >= 0.6 is 15.9 Å². The van der Waals surface area contributed by atoms with E-state index in [9.17, 15) is 0 Å². The van der Waals surface area contributed by atoms with E-state index >= 15 is 0 Å². The second-order valence-electron chi connectivity index (χ2n) is 4.19. The van der Waals surface area contributed by atoms with E-state index in [0.29, 0.717) is 23.7 Å². The minimum Gasteiger partial charge on any atom is -0.493 e. The molecule has 2 rings (SSSR count). The van der Waals surface area contributed by atoms with Crippen LogP contribution < -0.4 is 15.2 Å². The highest BCUT2D eigenvalue weighted by molar-refractivity contribution is 9.10. The zero-order valence-electron chi connectivity index (χ0n) is 11.0. The van der Waals surface area contributed by atoms with E-state index in [-0.39, 0.29) is 5.84 Å². The summed E-state index contributed by atoms with van der Waals surface area (Å²) in [4.78, 5) is 0. The molecule has 3 N–H and O–H groups in total. The van der Waals surface area contributed by atoms with Crippen LogP contribution in [-0.2, 0) is 6.61 Å². The number of ether oxygens (including phenoxy) is 2. The van der Waals surface area contributed by atoms with Crippen LogP contribution in [0.4, 0.5) is 0 Å². The van der Waals surface area contributed by atoms with Gasteiger partial charge in [0.1, 0.15) is 12.4 Å². The summed E-state index contributed by atoms with van der Waals surface area (Å²) in [6.45, 7) is 0.447. The number of methoxy groups -OCH3 is 1. The molecule has 5 heteroatoms. The highest BCUT2D eigenvalue weighted by atomic mass is 79.9. The first-order chi connectivity index (χ1) is 9.60. The van der Waals surface area contributed by atoms with Crippen molar-refractivity contribution in [2.24, 2.45) is 5.73 Å². The van der Waals surface area contributed by atoms with Crippen molar-refractivity contribution in [1.29, 1.82) is 5.41 Å². The van der Waals surface area contributed by atoms with Gasteiger partial charge in [-0.3, -0.25) is 5.41 Å². The smallest absolute Gasteiger partial charge is 0.161 e. The Morgan fingerprint density at radius 3 is 2.45 bits per heavy atom. The number of nitrogens with one attached hydrogen (secondary N) is 1. The summed E-state index contributed by atoms with van der Waals surface area (Å²) in [5, 5.41) is 7.41. The fourth-order valence-corrected chi connectivity index (χ4v) is 1.96. The standard InChI is InChI=1S/C15H15BrN2O2/c1-19-14-8-11(15(17)18)4-7-13(14)20-9-10-2-5-12(16)6-3-10/h2-8H,9H2,1H3,(H3,17,18). The van der Waals surface area contributed by atoms with Crippen molar-refractivity contribution in [3.05, 3.63) is 58.1 Å². The fourth-order valence-electron chi connectivity index (χ4n) is 1.70. The lowest BCUT2D eigenvalue weighted by atomic mass is 10.2. The molecule has 2 aromatic rings. The monoisotopic (exact) mass is 334 g/mol. The lowest BCUT2D eigenvalue weighted by molar-refractivity contribution is 0.284. The van der Waals surface area contributed by atoms with E-state index in [2.05, 4.69) is 15.9 Å². The first-order valence-electron chi connectivity index (χ1n) is 6.00. The zero-order valence-corrected chi connectivity index (χ0v) is 12.6. The molecule has 0 spiro atoms. The van der Waals surface area contributed by atoms with Crippen molar-refractivity contribution in [1.82, 2.24) is 0 Å². The highest BCUT2D eigenvalue weighted by Crippen LogP contribution is 2.28. The Bertz CT molecular complexity index is 612. The van der Waals surface area contributed by atoms with Crippen molar-refractivity contribution in [2.75, 3.05) is 7.11 Å². The Morgan fingerprint density at radius 2 is 1.85 bits per heavy atom. The Labute approximate surface area is 126 Å². The molecule has 0 aliphatic rings. The molecule has 20 heavy (non-hydrogen) atoms. The van der Waals surface area contributed by atoms with Crippen molar-refractivity contribution in [3.8, 4) is 11.5 Å². The van der Waals surface area contributed by atoms with Crippen LogP contribution in [0.5, 0.6) is 11.5 Å². The van der Waals surface area contributed by atoms with Gasteiger partial charge in [-0.2, -0.15) is 0 Å². The number of nitrogen functional groups attached to an aromatic ring is 1. The van der Waals surface area contributed by atoms with Gasteiger partial charge in [0, 0.05) is 10.0 Å². The Kier molecular flexibility index (Phi) is 4.63. The molecular formula is C15H15BrN2O2. The van der Waals surface area contributed by atoms with E-state index in [1.165, 1.54) is 0 Å².